The average Bonchev–Trinajstić information content (AvgIpc) is 3.02. The van der Waals surface area contributed by atoms with Crippen LogP contribution < -0.4 is 5.32 Å². The average molecular weight is 321 g/mol. The molecule has 2 aliphatic rings. The smallest absolute Gasteiger partial charge is 0.0587 e. The van der Waals surface area contributed by atoms with Crippen LogP contribution >= 0.6 is 11.8 Å². The summed E-state index contributed by atoms with van der Waals surface area (Å²) in [6.07, 6.45) is 4.94. The number of thioether (sulfide) groups is 1. The maximum Gasteiger partial charge on any atom is 0.0587 e. The van der Waals surface area contributed by atoms with Gasteiger partial charge < -0.3 is 10.4 Å². The summed E-state index contributed by atoms with van der Waals surface area (Å²) in [6.45, 7) is 3.36. The highest BCUT2D eigenvalue weighted by atomic mass is 32.2. The van der Waals surface area contributed by atoms with Crippen molar-refractivity contribution in [3.63, 3.8) is 0 Å². The minimum atomic E-state index is 0.292. The fourth-order valence-corrected chi connectivity index (χ4v) is 4.68. The number of benzene rings is 1. The molecule has 0 saturated carbocycles. The van der Waals surface area contributed by atoms with Gasteiger partial charge in [0, 0.05) is 25.2 Å². The Morgan fingerprint density at radius 1 is 1.14 bits per heavy atom. The molecule has 1 unspecified atom stereocenters. The number of likely N-dealkylation sites (tertiary alicyclic amines) is 1. The molecule has 3 rings (SSSR count). The summed E-state index contributed by atoms with van der Waals surface area (Å²) in [4.78, 5) is 2.44. The second kappa shape index (κ2) is 8.34. The number of nitrogens with one attached hydrogen (secondary N) is 1. The van der Waals surface area contributed by atoms with Gasteiger partial charge in [-0.05, 0) is 54.9 Å². The summed E-state index contributed by atoms with van der Waals surface area (Å²) in [5.41, 5.74) is 2.84. The molecule has 0 spiro atoms. The van der Waals surface area contributed by atoms with Gasteiger partial charge in [0.1, 0.15) is 0 Å². The Morgan fingerprint density at radius 2 is 1.91 bits per heavy atom. The third-order valence-corrected chi connectivity index (χ3v) is 6.05. The van der Waals surface area contributed by atoms with Crippen LogP contribution in [0.5, 0.6) is 0 Å². The monoisotopic (exact) mass is 320 g/mol. The molecular weight excluding hydrogens is 292 g/mol. The van der Waals surface area contributed by atoms with E-state index in [4.69, 9.17) is 0 Å². The van der Waals surface area contributed by atoms with Crippen LogP contribution in [-0.4, -0.2) is 46.7 Å². The zero-order valence-electron chi connectivity index (χ0n) is 13.3. The lowest BCUT2D eigenvalue weighted by molar-refractivity contribution is 0.153. The van der Waals surface area contributed by atoms with E-state index in [2.05, 4.69) is 46.2 Å². The van der Waals surface area contributed by atoms with Crippen molar-refractivity contribution in [2.75, 3.05) is 24.7 Å². The molecule has 0 amide bonds. The highest BCUT2D eigenvalue weighted by Crippen LogP contribution is 2.22. The van der Waals surface area contributed by atoms with Crippen molar-refractivity contribution in [2.45, 2.75) is 50.9 Å². The molecule has 0 radical (unpaired) electrons. The minimum absolute atomic E-state index is 0.292. The number of nitrogens with zero attached hydrogens (tertiary/aromatic N) is 1. The number of hydrogen-bond acceptors (Lipinski definition) is 4. The lowest BCUT2D eigenvalue weighted by atomic mass is 10.1. The van der Waals surface area contributed by atoms with Gasteiger partial charge in [-0.15, -0.1) is 0 Å². The van der Waals surface area contributed by atoms with E-state index in [1.165, 1.54) is 41.9 Å². The second-order valence-electron chi connectivity index (χ2n) is 6.49. The number of rotatable bonds is 6. The lowest BCUT2D eigenvalue weighted by Crippen LogP contribution is -2.34. The molecule has 3 nitrogen and oxygen atoms in total. The molecule has 2 N–H and O–H groups in total. The molecule has 4 heteroatoms. The summed E-state index contributed by atoms with van der Waals surface area (Å²) >= 11 is 2.08. The summed E-state index contributed by atoms with van der Waals surface area (Å²) < 4.78 is 0. The molecule has 1 aromatic carbocycles. The predicted molar refractivity (Wildman–Crippen MR) is 94.1 cm³/mol. The number of hydrogen-bond donors (Lipinski definition) is 2. The van der Waals surface area contributed by atoms with E-state index in [9.17, 15) is 5.11 Å². The van der Waals surface area contributed by atoms with Gasteiger partial charge in [-0.3, -0.25) is 4.90 Å². The van der Waals surface area contributed by atoms with Crippen LogP contribution in [0.15, 0.2) is 24.3 Å². The molecular formula is C18H28N2OS. The molecule has 22 heavy (non-hydrogen) atoms. The Morgan fingerprint density at radius 3 is 2.68 bits per heavy atom. The largest absolute Gasteiger partial charge is 0.395 e. The van der Waals surface area contributed by atoms with Crippen molar-refractivity contribution in [1.29, 1.82) is 0 Å². The highest BCUT2D eigenvalue weighted by molar-refractivity contribution is 7.99. The SMILES string of the molecule is OCC1CCCN1Cc1ccccc1CNC1CCSCC1. The van der Waals surface area contributed by atoms with E-state index in [1.54, 1.807) is 0 Å². The van der Waals surface area contributed by atoms with Crippen molar-refractivity contribution < 1.29 is 5.11 Å². The summed E-state index contributed by atoms with van der Waals surface area (Å²) in [5.74, 6) is 2.59. The van der Waals surface area contributed by atoms with Gasteiger partial charge in [-0.1, -0.05) is 24.3 Å². The number of aliphatic hydroxyl groups excluding tert-OH is 1. The van der Waals surface area contributed by atoms with E-state index in [-0.39, 0.29) is 0 Å². The fraction of sp³-hybridized carbons (Fsp3) is 0.667. The minimum Gasteiger partial charge on any atom is -0.395 e. The van der Waals surface area contributed by atoms with Crippen LogP contribution in [0.2, 0.25) is 0 Å². The first kappa shape index (κ1) is 16.3. The normalized spacial score (nSPS) is 24.0. The van der Waals surface area contributed by atoms with Crippen LogP contribution in [0.1, 0.15) is 36.8 Å². The van der Waals surface area contributed by atoms with Crippen molar-refractivity contribution >= 4 is 11.8 Å². The van der Waals surface area contributed by atoms with E-state index >= 15 is 0 Å². The molecule has 0 aliphatic carbocycles. The third kappa shape index (κ3) is 4.25. The molecule has 0 aromatic heterocycles. The zero-order chi connectivity index (χ0) is 15.2. The fourth-order valence-electron chi connectivity index (χ4n) is 3.57. The first-order valence-electron chi connectivity index (χ1n) is 8.59. The Bertz CT molecular complexity index is 462. The number of aliphatic hydroxyl groups is 1. The van der Waals surface area contributed by atoms with Gasteiger partial charge in [-0.2, -0.15) is 11.8 Å². The van der Waals surface area contributed by atoms with Crippen LogP contribution in [0.25, 0.3) is 0 Å². The standard InChI is InChI=1S/C18H28N2OS/c21-14-18-6-3-9-20(18)13-16-5-2-1-4-15(16)12-19-17-7-10-22-11-8-17/h1-2,4-5,17-19,21H,3,6-14H2. The first-order chi connectivity index (χ1) is 10.9. The maximum absolute atomic E-state index is 9.50. The maximum atomic E-state index is 9.50. The van der Waals surface area contributed by atoms with Gasteiger partial charge in [0.05, 0.1) is 6.61 Å². The van der Waals surface area contributed by atoms with E-state index in [0.29, 0.717) is 18.7 Å². The van der Waals surface area contributed by atoms with Gasteiger partial charge in [-0.25, -0.2) is 0 Å². The van der Waals surface area contributed by atoms with Crippen molar-refractivity contribution in [1.82, 2.24) is 10.2 Å². The van der Waals surface area contributed by atoms with Crippen molar-refractivity contribution in [2.24, 2.45) is 0 Å². The molecule has 1 aromatic rings. The van der Waals surface area contributed by atoms with Crippen LogP contribution in [0, 0.1) is 0 Å². The predicted octanol–water partition coefficient (Wildman–Crippen LogP) is 2.63. The zero-order valence-corrected chi connectivity index (χ0v) is 14.2. The second-order valence-corrected chi connectivity index (χ2v) is 7.71. The molecule has 2 fully saturated rings. The molecule has 2 saturated heterocycles. The van der Waals surface area contributed by atoms with Gasteiger partial charge in [0.2, 0.25) is 0 Å². The Kier molecular flexibility index (Phi) is 6.19. The summed E-state index contributed by atoms with van der Waals surface area (Å²) in [5, 5.41) is 13.2. The molecule has 122 valence electrons. The lowest BCUT2D eigenvalue weighted by Gasteiger charge is -2.26. The Hall–Kier alpha value is -0.550. The molecule has 2 aliphatic heterocycles. The highest BCUT2D eigenvalue weighted by Gasteiger charge is 2.24. The van der Waals surface area contributed by atoms with E-state index in [1.807, 2.05) is 0 Å². The van der Waals surface area contributed by atoms with Crippen molar-refractivity contribution in [3.05, 3.63) is 35.4 Å². The molecule has 1 atom stereocenters. The van der Waals surface area contributed by atoms with Crippen LogP contribution in [0.4, 0.5) is 0 Å². The molecule has 2 heterocycles. The molecule has 0 bridgehead atoms. The van der Waals surface area contributed by atoms with Gasteiger partial charge in [0.25, 0.3) is 0 Å². The van der Waals surface area contributed by atoms with E-state index in [0.717, 1.165) is 26.1 Å². The quantitative estimate of drug-likeness (QED) is 0.845. The van der Waals surface area contributed by atoms with Crippen LogP contribution in [0.3, 0.4) is 0 Å². The Labute approximate surface area is 138 Å². The van der Waals surface area contributed by atoms with Gasteiger partial charge >= 0.3 is 0 Å². The Balaban J connectivity index is 1.59. The van der Waals surface area contributed by atoms with E-state index < -0.39 is 0 Å². The van der Waals surface area contributed by atoms with Crippen LogP contribution in [-0.2, 0) is 13.1 Å². The summed E-state index contributed by atoms with van der Waals surface area (Å²) in [7, 11) is 0. The topological polar surface area (TPSA) is 35.5 Å². The van der Waals surface area contributed by atoms with Crippen molar-refractivity contribution in [3.8, 4) is 0 Å². The third-order valence-electron chi connectivity index (χ3n) is 5.00. The van der Waals surface area contributed by atoms with Gasteiger partial charge in [0.15, 0.2) is 0 Å². The first-order valence-corrected chi connectivity index (χ1v) is 9.75. The summed E-state index contributed by atoms with van der Waals surface area (Å²) in [6, 6.07) is 9.83.